The Morgan fingerprint density at radius 2 is 2.06 bits per heavy atom. The van der Waals surface area contributed by atoms with Gasteiger partial charge in [0.2, 0.25) is 23.5 Å². The van der Waals surface area contributed by atoms with Crippen molar-refractivity contribution in [1.29, 1.82) is 0 Å². The summed E-state index contributed by atoms with van der Waals surface area (Å²) in [5.74, 6) is 0.568. The van der Waals surface area contributed by atoms with E-state index in [0.29, 0.717) is 43.4 Å². The second kappa shape index (κ2) is 9.59. The summed E-state index contributed by atoms with van der Waals surface area (Å²) in [6.45, 7) is 3.00. The standard InChI is InChI=1S/C23H23FN4O4/c1-2-31-17-8-5-15(6-9-17)23-26-21(32-27-23)12-11-20(29)25-16-7-10-19(18(24)14-16)28-13-3-4-22(28)30/h5-10,14H,2-4,11-13H2,1H3,(H,25,29). The number of rotatable bonds is 8. The lowest BCUT2D eigenvalue weighted by Gasteiger charge is -2.17. The topological polar surface area (TPSA) is 97.6 Å². The van der Waals surface area contributed by atoms with Crippen LogP contribution >= 0.6 is 0 Å². The average Bonchev–Trinajstić information content (AvgIpc) is 3.42. The Labute approximate surface area is 184 Å². The van der Waals surface area contributed by atoms with E-state index >= 15 is 0 Å². The van der Waals surface area contributed by atoms with Crippen molar-refractivity contribution in [3.63, 3.8) is 0 Å². The maximum Gasteiger partial charge on any atom is 0.227 e. The molecule has 0 bridgehead atoms. The Hall–Kier alpha value is -3.75. The summed E-state index contributed by atoms with van der Waals surface area (Å²) in [6, 6.07) is 11.6. The Balaban J connectivity index is 1.31. The minimum absolute atomic E-state index is 0.0927. The van der Waals surface area contributed by atoms with Crippen molar-refractivity contribution in [3.8, 4) is 17.1 Å². The van der Waals surface area contributed by atoms with Crippen LogP contribution in [0.25, 0.3) is 11.4 Å². The molecule has 32 heavy (non-hydrogen) atoms. The van der Waals surface area contributed by atoms with Gasteiger partial charge in [0.05, 0.1) is 12.3 Å². The highest BCUT2D eigenvalue weighted by Gasteiger charge is 2.24. The third-order valence-electron chi connectivity index (χ3n) is 5.05. The largest absolute Gasteiger partial charge is 0.494 e. The van der Waals surface area contributed by atoms with Gasteiger partial charge in [-0.25, -0.2) is 4.39 Å². The fourth-order valence-electron chi connectivity index (χ4n) is 3.49. The van der Waals surface area contributed by atoms with Gasteiger partial charge in [-0.15, -0.1) is 0 Å². The van der Waals surface area contributed by atoms with Gasteiger partial charge in [0.1, 0.15) is 11.6 Å². The number of benzene rings is 2. The molecule has 0 saturated carbocycles. The number of carbonyl (C=O) groups is 2. The third kappa shape index (κ3) is 4.93. The Morgan fingerprint density at radius 1 is 1.25 bits per heavy atom. The number of carbonyl (C=O) groups excluding carboxylic acids is 2. The quantitative estimate of drug-likeness (QED) is 0.572. The van der Waals surface area contributed by atoms with E-state index in [0.717, 1.165) is 11.3 Å². The second-order valence-electron chi connectivity index (χ2n) is 7.33. The third-order valence-corrected chi connectivity index (χ3v) is 5.05. The molecule has 4 rings (SSSR count). The molecule has 0 aliphatic carbocycles. The van der Waals surface area contributed by atoms with Gasteiger partial charge in [0.15, 0.2) is 0 Å². The molecule has 1 N–H and O–H groups in total. The van der Waals surface area contributed by atoms with Gasteiger partial charge >= 0.3 is 0 Å². The highest BCUT2D eigenvalue weighted by molar-refractivity contribution is 5.96. The molecule has 9 heteroatoms. The molecule has 0 unspecified atom stereocenters. The molecular formula is C23H23FN4O4. The van der Waals surface area contributed by atoms with Gasteiger partial charge in [0.25, 0.3) is 0 Å². The minimum atomic E-state index is -0.546. The molecule has 8 nitrogen and oxygen atoms in total. The van der Waals surface area contributed by atoms with Gasteiger partial charge in [-0.1, -0.05) is 5.16 Å². The molecule has 3 aromatic rings. The van der Waals surface area contributed by atoms with E-state index in [2.05, 4.69) is 15.5 Å². The molecule has 166 valence electrons. The van der Waals surface area contributed by atoms with E-state index in [1.807, 2.05) is 31.2 Å². The number of ether oxygens (including phenoxy) is 1. The number of anilines is 2. The van der Waals surface area contributed by atoms with Crippen LogP contribution < -0.4 is 15.0 Å². The summed E-state index contributed by atoms with van der Waals surface area (Å²) in [7, 11) is 0. The predicted molar refractivity (Wildman–Crippen MR) is 116 cm³/mol. The first-order chi connectivity index (χ1) is 15.5. The normalized spacial score (nSPS) is 13.4. The van der Waals surface area contributed by atoms with Gasteiger partial charge in [-0.05, 0) is 55.8 Å². The van der Waals surface area contributed by atoms with Crippen molar-refractivity contribution in [1.82, 2.24) is 10.1 Å². The smallest absolute Gasteiger partial charge is 0.227 e. The number of hydrogen-bond donors (Lipinski definition) is 1. The summed E-state index contributed by atoms with van der Waals surface area (Å²) in [5.41, 5.74) is 1.33. The van der Waals surface area contributed by atoms with Crippen molar-refractivity contribution < 1.29 is 23.2 Å². The van der Waals surface area contributed by atoms with Crippen molar-refractivity contribution >= 4 is 23.2 Å². The predicted octanol–water partition coefficient (Wildman–Crippen LogP) is 3.97. The Kier molecular flexibility index (Phi) is 6.44. The Bertz CT molecular complexity index is 1110. The van der Waals surface area contributed by atoms with E-state index in [4.69, 9.17) is 9.26 Å². The first-order valence-electron chi connectivity index (χ1n) is 10.5. The molecule has 2 aromatic carbocycles. The van der Waals surface area contributed by atoms with Gasteiger partial charge in [-0.3, -0.25) is 9.59 Å². The summed E-state index contributed by atoms with van der Waals surface area (Å²) in [6.07, 6.45) is 1.48. The van der Waals surface area contributed by atoms with Crippen LogP contribution in [0.1, 0.15) is 32.1 Å². The summed E-state index contributed by atoms with van der Waals surface area (Å²) in [5, 5.41) is 6.60. The molecule has 2 heterocycles. The molecule has 1 aliphatic rings. The number of amides is 2. The lowest BCUT2D eigenvalue weighted by molar-refractivity contribution is -0.117. The fourth-order valence-corrected chi connectivity index (χ4v) is 3.49. The molecular weight excluding hydrogens is 415 g/mol. The number of nitrogens with zero attached hydrogens (tertiary/aromatic N) is 3. The van der Waals surface area contributed by atoms with E-state index < -0.39 is 5.82 Å². The van der Waals surface area contributed by atoms with E-state index in [1.54, 1.807) is 6.07 Å². The fraction of sp³-hybridized carbons (Fsp3) is 0.304. The molecule has 1 fully saturated rings. The molecule has 1 aromatic heterocycles. The summed E-state index contributed by atoms with van der Waals surface area (Å²) < 4.78 is 25.1. The number of aryl methyl sites for hydroxylation is 1. The molecule has 2 amide bonds. The van der Waals surface area contributed by atoms with E-state index in [9.17, 15) is 14.0 Å². The van der Waals surface area contributed by atoms with Crippen LogP contribution in [0.15, 0.2) is 47.0 Å². The SMILES string of the molecule is CCOc1ccc(-c2noc(CCC(=O)Nc3ccc(N4CCCC4=O)c(F)c3)n2)cc1. The Morgan fingerprint density at radius 3 is 2.75 bits per heavy atom. The van der Waals surface area contributed by atoms with Crippen LogP contribution in [-0.2, 0) is 16.0 Å². The zero-order valence-electron chi connectivity index (χ0n) is 17.6. The lowest BCUT2D eigenvalue weighted by Crippen LogP contribution is -2.24. The second-order valence-corrected chi connectivity index (χ2v) is 7.33. The van der Waals surface area contributed by atoms with Gasteiger partial charge < -0.3 is 19.5 Å². The summed E-state index contributed by atoms with van der Waals surface area (Å²) >= 11 is 0. The van der Waals surface area contributed by atoms with Crippen molar-refractivity contribution in [2.75, 3.05) is 23.4 Å². The van der Waals surface area contributed by atoms with Crippen molar-refractivity contribution in [2.24, 2.45) is 0 Å². The highest BCUT2D eigenvalue weighted by atomic mass is 19.1. The van der Waals surface area contributed by atoms with Crippen LogP contribution in [-0.4, -0.2) is 35.1 Å². The maximum absolute atomic E-state index is 14.4. The summed E-state index contributed by atoms with van der Waals surface area (Å²) in [4.78, 5) is 29.8. The highest BCUT2D eigenvalue weighted by Crippen LogP contribution is 2.27. The minimum Gasteiger partial charge on any atom is -0.494 e. The van der Waals surface area contributed by atoms with Crippen molar-refractivity contribution in [2.45, 2.75) is 32.6 Å². The number of halogens is 1. The monoisotopic (exact) mass is 438 g/mol. The lowest BCUT2D eigenvalue weighted by atomic mass is 10.2. The number of aromatic nitrogens is 2. The van der Waals surface area contributed by atoms with Crippen LogP contribution in [0.4, 0.5) is 15.8 Å². The van der Waals surface area contributed by atoms with Crippen molar-refractivity contribution in [3.05, 3.63) is 54.2 Å². The van der Waals surface area contributed by atoms with E-state index in [-0.39, 0.29) is 30.3 Å². The first-order valence-corrected chi connectivity index (χ1v) is 10.5. The van der Waals surface area contributed by atoms with E-state index in [1.165, 1.54) is 17.0 Å². The average molecular weight is 438 g/mol. The zero-order valence-corrected chi connectivity index (χ0v) is 17.6. The van der Waals surface area contributed by atoms with Gasteiger partial charge in [0, 0.05) is 37.1 Å². The molecule has 1 saturated heterocycles. The number of hydrogen-bond acceptors (Lipinski definition) is 6. The molecule has 0 atom stereocenters. The maximum atomic E-state index is 14.4. The van der Waals surface area contributed by atoms with Crippen LogP contribution in [0.3, 0.4) is 0 Å². The molecule has 0 spiro atoms. The van der Waals surface area contributed by atoms with Crippen LogP contribution in [0, 0.1) is 5.82 Å². The molecule has 0 radical (unpaired) electrons. The first kappa shape index (κ1) is 21.5. The van der Waals surface area contributed by atoms with Crippen LogP contribution in [0.5, 0.6) is 5.75 Å². The molecule has 1 aliphatic heterocycles. The van der Waals surface area contributed by atoms with Crippen LogP contribution in [0.2, 0.25) is 0 Å². The zero-order chi connectivity index (χ0) is 22.5. The number of nitrogens with one attached hydrogen (secondary N) is 1. The van der Waals surface area contributed by atoms with Gasteiger partial charge in [-0.2, -0.15) is 4.98 Å².